The number of aromatic nitrogens is 4. The van der Waals surface area contributed by atoms with Crippen molar-refractivity contribution in [3.05, 3.63) is 51.9 Å². The SMILES string of the molecule is CC1([N+](=O)Cc2cn3nc(OCc4ncc(Cl)cc4OCC(F)F)ccc3n2)CCS(=O)(=O)CC1. The van der Waals surface area contributed by atoms with E-state index in [2.05, 4.69) is 15.1 Å². The van der Waals surface area contributed by atoms with Crippen molar-refractivity contribution < 1.29 is 31.4 Å². The molecule has 1 fully saturated rings. The van der Waals surface area contributed by atoms with E-state index in [-0.39, 0.29) is 59.8 Å². The Balaban J connectivity index is 1.43. The van der Waals surface area contributed by atoms with Gasteiger partial charge in [0.25, 0.3) is 6.43 Å². The van der Waals surface area contributed by atoms with Gasteiger partial charge in [0.05, 0.1) is 22.7 Å². The first-order chi connectivity index (χ1) is 16.5. The van der Waals surface area contributed by atoms with E-state index in [1.165, 1.54) is 16.8 Å². The summed E-state index contributed by atoms with van der Waals surface area (Å²) in [6, 6.07) is 4.61. The Hall–Kier alpha value is -2.93. The van der Waals surface area contributed by atoms with Gasteiger partial charge in [-0.3, -0.25) is 4.98 Å². The second-order valence-electron chi connectivity index (χ2n) is 8.48. The maximum absolute atomic E-state index is 12.8. The van der Waals surface area contributed by atoms with Crippen LogP contribution in [0.1, 0.15) is 31.2 Å². The topological polar surface area (TPSA) is 116 Å². The Labute approximate surface area is 204 Å². The third-order valence-corrected chi connectivity index (χ3v) is 7.63. The van der Waals surface area contributed by atoms with Gasteiger partial charge in [0, 0.05) is 47.8 Å². The van der Waals surface area contributed by atoms with Crippen LogP contribution < -0.4 is 9.47 Å². The molecule has 4 heterocycles. The number of halogens is 3. The minimum absolute atomic E-state index is 0.00692. The van der Waals surface area contributed by atoms with Crippen LogP contribution in [0.15, 0.2) is 30.6 Å². The summed E-state index contributed by atoms with van der Waals surface area (Å²) in [6.07, 6.45) is 0.828. The fourth-order valence-corrected chi connectivity index (χ4v) is 5.46. The van der Waals surface area contributed by atoms with Crippen LogP contribution in [0.2, 0.25) is 5.02 Å². The molecule has 0 amide bonds. The fraction of sp³-hybridized carbons (Fsp3) is 0.476. The summed E-state index contributed by atoms with van der Waals surface area (Å²) in [5.41, 5.74) is 0.454. The van der Waals surface area contributed by atoms with Gasteiger partial charge in [0.15, 0.2) is 15.5 Å². The summed E-state index contributed by atoms with van der Waals surface area (Å²) in [7, 11) is -3.08. The summed E-state index contributed by atoms with van der Waals surface area (Å²) >= 11 is 5.88. The molecule has 0 N–H and O–H groups in total. The van der Waals surface area contributed by atoms with Gasteiger partial charge in [0.1, 0.15) is 30.4 Å². The van der Waals surface area contributed by atoms with Crippen LogP contribution in [0.5, 0.6) is 11.6 Å². The van der Waals surface area contributed by atoms with E-state index in [1.54, 1.807) is 25.3 Å². The number of alkyl halides is 2. The van der Waals surface area contributed by atoms with Crippen LogP contribution >= 0.6 is 11.6 Å². The van der Waals surface area contributed by atoms with Crippen LogP contribution in [0, 0.1) is 4.91 Å². The highest BCUT2D eigenvalue weighted by molar-refractivity contribution is 7.91. The molecule has 4 rings (SSSR count). The van der Waals surface area contributed by atoms with Crippen molar-refractivity contribution in [3.8, 4) is 11.6 Å². The van der Waals surface area contributed by atoms with Crippen molar-refractivity contribution in [3.63, 3.8) is 0 Å². The molecule has 188 valence electrons. The molecule has 1 aliphatic rings. The standard InChI is InChI=1S/C21H23ClF2N5O5S/c1-21(4-6-35(31,32)7-5-21)29(30)11-15-10-28-19(26-15)2-3-20(27-28)34-12-16-17(33-13-18(23)24)8-14(22)9-25-16/h2-3,8-10,18H,4-7,11-13H2,1H3/q+1. The molecule has 0 unspecified atom stereocenters. The molecule has 0 spiro atoms. The van der Waals surface area contributed by atoms with E-state index < -0.39 is 28.4 Å². The summed E-state index contributed by atoms with van der Waals surface area (Å²) in [5, 5.41) is 4.54. The molecular weight excluding hydrogens is 508 g/mol. The highest BCUT2D eigenvalue weighted by Gasteiger charge is 2.45. The van der Waals surface area contributed by atoms with E-state index in [0.29, 0.717) is 11.3 Å². The quantitative estimate of drug-likeness (QED) is 0.387. The predicted octanol–water partition coefficient (Wildman–Crippen LogP) is 3.25. The van der Waals surface area contributed by atoms with Crippen LogP contribution in [0.25, 0.3) is 5.65 Å². The number of nitrogens with zero attached hydrogens (tertiary/aromatic N) is 5. The molecule has 0 aliphatic carbocycles. The van der Waals surface area contributed by atoms with Gasteiger partial charge < -0.3 is 9.47 Å². The molecule has 0 atom stereocenters. The average molecular weight is 531 g/mol. The Bertz CT molecular complexity index is 1340. The predicted molar refractivity (Wildman–Crippen MR) is 122 cm³/mol. The second-order valence-corrected chi connectivity index (χ2v) is 11.2. The van der Waals surface area contributed by atoms with E-state index in [1.807, 2.05) is 0 Å². The van der Waals surface area contributed by atoms with E-state index in [4.69, 9.17) is 21.1 Å². The molecule has 1 saturated heterocycles. The molecule has 14 heteroatoms. The monoisotopic (exact) mass is 530 g/mol. The van der Waals surface area contributed by atoms with Crippen molar-refractivity contribution >= 4 is 27.1 Å². The molecular formula is C21H23ClF2N5O5S+. The number of sulfone groups is 1. The van der Waals surface area contributed by atoms with Gasteiger partial charge in [-0.05, 0) is 6.07 Å². The maximum atomic E-state index is 12.8. The molecule has 0 radical (unpaired) electrons. The number of hydrogen-bond donors (Lipinski definition) is 0. The largest absolute Gasteiger partial charge is 0.486 e. The smallest absolute Gasteiger partial charge is 0.272 e. The lowest BCUT2D eigenvalue weighted by atomic mass is 9.94. The van der Waals surface area contributed by atoms with Crippen LogP contribution in [0.3, 0.4) is 0 Å². The van der Waals surface area contributed by atoms with E-state index in [0.717, 1.165) is 4.76 Å². The highest BCUT2D eigenvalue weighted by atomic mass is 35.5. The summed E-state index contributed by atoms with van der Waals surface area (Å²) in [5.74, 6) is 0.282. The Morgan fingerprint density at radius 2 is 2.00 bits per heavy atom. The van der Waals surface area contributed by atoms with Crippen molar-refractivity contribution in [2.24, 2.45) is 0 Å². The van der Waals surface area contributed by atoms with Gasteiger partial charge in [0.2, 0.25) is 18.0 Å². The van der Waals surface area contributed by atoms with Crippen molar-refractivity contribution in [2.45, 2.75) is 44.9 Å². The Morgan fingerprint density at radius 1 is 1.26 bits per heavy atom. The number of rotatable bonds is 9. The van der Waals surface area contributed by atoms with Gasteiger partial charge in [-0.15, -0.1) is 5.10 Å². The lowest BCUT2D eigenvalue weighted by molar-refractivity contribution is -0.640. The number of fused-ring (bicyclic) bond motifs is 1. The minimum atomic E-state index is -3.08. The summed E-state index contributed by atoms with van der Waals surface area (Å²) < 4.78 is 61.5. The maximum Gasteiger partial charge on any atom is 0.272 e. The number of imidazole rings is 1. The van der Waals surface area contributed by atoms with Crippen LogP contribution in [-0.4, -0.2) is 62.8 Å². The third kappa shape index (κ3) is 6.20. The minimum Gasteiger partial charge on any atom is -0.486 e. The van der Waals surface area contributed by atoms with Gasteiger partial charge in [-0.2, -0.15) is 0 Å². The van der Waals surface area contributed by atoms with Crippen molar-refractivity contribution in [1.29, 1.82) is 0 Å². The number of hydrogen-bond acceptors (Lipinski definition) is 8. The van der Waals surface area contributed by atoms with Gasteiger partial charge >= 0.3 is 0 Å². The molecule has 35 heavy (non-hydrogen) atoms. The Morgan fingerprint density at radius 3 is 2.71 bits per heavy atom. The molecule has 3 aromatic heterocycles. The highest BCUT2D eigenvalue weighted by Crippen LogP contribution is 2.28. The zero-order chi connectivity index (χ0) is 25.2. The number of nitroso groups, excluding NO2 is 1. The van der Waals surface area contributed by atoms with E-state index in [9.17, 15) is 22.1 Å². The van der Waals surface area contributed by atoms with Crippen molar-refractivity contribution in [1.82, 2.24) is 19.6 Å². The zero-order valence-corrected chi connectivity index (χ0v) is 20.3. The van der Waals surface area contributed by atoms with Gasteiger partial charge in [-0.1, -0.05) is 11.6 Å². The average Bonchev–Trinajstić information content (AvgIpc) is 3.20. The fourth-order valence-electron chi connectivity index (χ4n) is 3.61. The molecule has 3 aromatic rings. The molecule has 0 aromatic carbocycles. The number of pyridine rings is 1. The van der Waals surface area contributed by atoms with Crippen molar-refractivity contribution in [2.75, 3.05) is 18.1 Å². The van der Waals surface area contributed by atoms with Gasteiger partial charge in [-0.25, -0.2) is 26.7 Å². The molecule has 1 aliphatic heterocycles. The third-order valence-electron chi connectivity index (χ3n) is 5.78. The first kappa shape index (κ1) is 25.2. The molecule has 10 nitrogen and oxygen atoms in total. The van der Waals surface area contributed by atoms with E-state index >= 15 is 0 Å². The Kier molecular flexibility index (Phi) is 7.17. The zero-order valence-electron chi connectivity index (χ0n) is 18.7. The first-order valence-corrected chi connectivity index (χ1v) is 12.9. The second kappa shape index (κ2) is 9.97. The summed E-state index contributed by atoms with van der Waals surface area (Å²) in [6.45, 7) is 0.836. The number of ether oxygens (including phenoxy) is 2. The van der Waals surface area contributed by atoms with Crippen LogP contribution in [0.4, 0.5) is 8.78 Å². The summed E-state index contributed by atoms with van der Waals surface area (Å²) in [4.78, 5) is 21.3. The lowest BCUT2D eigenvalue weighted by Gasteiger charge is -2.25. The lowest BCUT2D eigenvalue weighted by Crippen LogP contribution is -2.44. The first-order valence-electron chi connectivity index (χ1n) is 10.7. The van der Waals surface area contributed by atoms with Crippen LogP contribution in [-0.2, 0) is 23.0 Å². The molecule has 0 saturated carbocycles. The molecule has 0 bridgehead atoms. The normalized spacial score (nSPS) is 16.9.